The third-order valence-corrected chi connectivity index (χ3v) is 14.0. The second-order valence-corrected chi connectivity index (χ2v) is 21.3. The standard InChI is InChI=1S/C67H122O5/c1-4-7-10-13-16-19-22-25-28-31-33-35-38-41-44-47-50-53-56-59-62-70-63-65(72-67(69)61-58-55-52-49-46-43-40-36-30-27-24-21-18-15-12-9-6-3)64-71-66(68)60-57-54-51-48-45-42-39-37-34-32-29-26-23-20-17-14-11-8-5-2/h7,10,16,19,25-26,28-29,33,35,65H,4-6,8-9,11-15,17-18,20-24,27,30-32,34,36-64H2,1-3H3/b10-7-,19-16-,28-25-,29-26-,35-33-. The topological polar surface area (TPSA) is 61.8 Å². The van der Waals surface area contributed by atoms with Gasteiger partial charge >= 0.3 is 11.9 Å². The summed E-state index contributed by atoms with van der Waals surface area (Å²) in [5.74, 6) is -0.387. The first-order valence-electron chi connectivity index (χ1n) is 31.8. The number of esters is 2. The zero-order valence-electron chi connectivity index (χ0n) is 48.5. The molecule has 1 unspecified atom stereocenters. The van der Waals surface area contributed by atoms with Crippen molar-refractivity contribution in [2.24, 2.45) is 0 Å². The summed E-state index contributed by atoms with van der Waals surface area (Å²) in [5, 5.41) is 0. The van der Waals surface area contributed by atoms with Crippen LogP contribution in [0.4, 0.5) is 0 Å². The smallest absolute Gasteiger partial charge is 0.306 e. The van der Waals surface area contributed by atoms with Gasteiger partial charge in [0.2, 0.25) is 0 Å². The Morgan fingerprint density at radius 2 is 0.625 bits per heavy atom. The van der Waals surface area contributed by atoms with Gasteiger partial charge in [-0.2, -0.15) is 0 Å². The van der Waals surface area contributed by atoms with Crippen LogP contribution < -0.4 is 0 Å². The number of ether oxygens (including phenoxy) is 3. The molecule has 5 heteroatoms. The van der Waals surface area contributed by atoms with Crippen molar-refractivity contribution in [3.63, 3.8) is 0 Å². The number of carbonyl (C=O) groups is 2. The van der Waals surface area contributed by atoms with Gasteiger partial charge in [-0.05, 0) is 83.5 Å². The highest BCUT2D eigenvalue weighted by Gasteiger charge is 2.18. The Morgan fingerprint density at radius 1 is 0.319 bits per heavy atom. The maximum atomic E-state index is 12.9. The molecular formula is C67H122O5. The SMILES string of the molecule is CC/C=C\C/C=C\C/C=C\C/C=C\CCCCCCCCCOCC(COC(=O)CCCCCCCCCCC/C=C\CCCCCCCC)OC(=O)CCCCCCCCCCCCCCCCCCC. The van der Waals surface area contributed by atoms with Gasteiger partial charge in [0.05, 0.1) is 6.61 Å². The average molecular weight is 1010 g/mol. The van der Waals surface area contributed by atoms with Crippen molar-refractivity contribution in [1.82, 2.24) is 0 Å². The van der Waals surface area contributed by atoms with Gasteiger partial charge in [0.1, 0.15) is 6.61 Å². The monoisotopic (exact) mass is 1010 g/mol. The van der Waals surface area contributed by atoms with E-state index in [0.717, 1.165) is 64.2 Å². The molecule has 0 aliphatic heterocycles. The Kier molecular flexibility index (Phi) is 60.8. The molecule has 5 nitrogen and oxygen atoms in total. The van der Waals surface area contributed by atoms with Crippen molar-refractivity contribution < 1.29 is 23.8 Å². The molecule has 1 atom stereocenters. The minimum absolute atomic E-state index is 0.0828. The number of carbonyl (C=O) groups excluding carboxylic acids is 2. The van der Waals surface area contributed by atoms with E-state index in [1.54, 1.807) is 0 Å². The Morgan fingerprint density at radius 3 is 1.01 bits per heavy atom. The highest BCUT2D eigenvalue weighted by molar-refractivity contribution is 5.70. The van der Waals surface area contributed by atoms with Crippen molar-refractivity contribution in [3.8, 4) is 0 Å². The fourth-order valence-electron chi connectivity index (χ4n) is 9.32. The van der Waals surface area contributed by atoms with Gasteiger partial charge in [0.15, 0.2) is 6.10 Å². The van der Waals surface area contributed by atoms with Gasteiger partial charge in [0, 0.05) is 19.4 Å². The molecule has 0 aliphatic carbocycles. The lowest BCUT2D eigenvalue weighted by atomic mass is 10.0. The van der Waals surface area contributed by atoms with Gasteiger partial charge in [-0.3, -0.25) is 9.59 Å². The van der Waals surface area contributed by atoms with Crippen LogP contribution in [0.15, 0.2) is 60.8 Å². The largest absolute Gasteiger partial charge is 0.462 e. The Hall–Kier alpha value is -2.40. The molecule has 72 heavy (non-hydrogen) atoms. The molecule has 420 valence electrons. The molecular weight excluding hydrogens is 885 g/mol. The van der Waals surface area contributed by atoms with Crippen molar-refractivity contribution in [1.29, 1.82) is 0 Å². The van der Waals surface area contributed by atoms with Crippen molar-refractivity contribution in [2.45, 2.75) is 335 Å². The van der Waals surface area contributed by atoms with Crippen molar-refractivity contribution >= 4 is 11.9 Å². The zero-order chi connectivity index (χ0) is 52.0. The summed E-state index contributed by atoms with van der Waals surface area (Å²) in [5.41, 5.74) is 0. The second kappa shape index (κ2) is 62.9. The molecule has 0 bridgehead atoms. The molecule has 0 spiro atoms. The molecule has 0 N–H and O–H groups in total. The molecule has 0 aromatic carbocycles. The molecule has 0 heterocycles. The normalized spacial score (nSPS) is 12.5. The molecule has 0 rings (SSSR count). The lowest BCUT2D eigenvalue weighted by molar-refractivity contribution is -0.163. The summed E-state index contributed by atoms with van der Waals surface area (Å²) < 4.78 is 17.6. The van der Waals surface area contributed by atoms with Gasteiger partial charge in [-0.25, -0.2) is 0 Å². The summed E-state index contributed by atoms with van der Waals surface area (Å²) in [6, 6.07) is 0. The van der Waals surface area contributed by atoms with E-state index in [1.807, 2.05) is 0 Å². The minimum atomic E-state index is -0.543. The van der Waals surface area contributed by atoms with Gasteiger partial charge in [0.25, 0.3) is 0 Å². The maximum absolute atomic E-state index is 12.9. The number of rotatable bonds is 59. The number of allylic oxidation sites excluding steroid dienone is 10. The molecule has 0 aliphatic rings. The molecule has 0 aromatic heterocycles. The van der Waals surface area contributed by atoms with Gasteiger partial charge in [-0.1, -0.05) is 293 Å². The summed E-state index contributed by atoms with van der Waals surface area (Å²) in [6.45, 7) is 7.75. The van der Waals surface area contributed by atoms with Crippen LogP contribution in [0.25, 0.3) is 0 Å². The molecule has 0 saturated carbocycles. The quantitative estimate of drug-likeness (QED) is 0.0345. The van der Waals surface area contributed by atoms with Crippen LogP contribution in [-0.2, 0) is 23.8 Å². The first-order chi connectivity index (χ1) is 35.6. The Labute approximate surface area is 449 Å². The number of unbranched alkanes of at least 4 members (excludes halogenated alkanes) is 38. The highest BCUT2D eigenvalue weighted by Crippen LogP contribution is 2.17. The lowest BCUT2D eigenvalue weighted by Crippen LogP contribution is -2.30. The predicted octanol–water partition coefficient (Wildman–Crippen LogP) is 22.0. The van der Waals surface area contributed by atoms with Crippen molar-refractivity contribution in [2.75, 3.05) is 19.8 Å². The molecule has 0 aromatic rings. The summed E-state index contributed by atoms with van der Waals surface area (Å²) in [4.78, 5) is 25.6. The first-order valence-corrected chi connectivity index (χ1v) is 31.8. The highest BCUT2D eigenvalue weighted by atomic mass is 16.6. The van der Waals surface area contributed by atoms with Crippen LogP contribution in [0.2, 0.25) is 0 Å². The number of hydrogen-bond acceptors (Lipinski definition) is 5. The molecule has 0 radical (unpaired) electrons. The van der Waals surface area contributed by atoms with E-state index in [-0.39, 0.29) is 25.2 Å². The zero-order valence-corrected chi connectivity index (χ0v) is 48.5. The fourth-order valence-corrected chi connectivity index (χ4v) is 9.32. The predicted molar refractivity (Wildman–Crippen MR) is 316 cm³/mol. The van der Waals surface area contributed by atoms with Crippen LogP contribution >= 0.6 is 0 Å². The Balaban J connectivity index is 4.27. The number of hydrogen-bond donors (Lipinski definition) is 0. The Bertz CT molecular complexity index is 1230. The van der Waals surface area contributed by atoms with Crippen LogP contribution in [0.3, 0.4) is 0 Å². The third-order valence-electron chi connectivity index (χ3n) is 14.0. The molecule has 0 saturated heterocycles. The van der Waals surface area contributed by atoms with Gasteiger partial charge < -0.3 is 14.2 Å². The molecule has 0 fully saturated rings. The van der Waals surface area contributed by atoms with E-state index in [9.17, 15) is 9.59 Å². The third kappa shape index (κ3) is 60.2. The van der Waals surface area contributed by atoms with Crippen LogP contribution in [0.5, 0.6) is 0 Å². The average Bonchev–Trinajstić information content (AvgIpc) is 3.38. The lowest BCUT2D eigenvalue weighted by Gasteiger charge is -2.18. The van der Waals surface area contributed by atoms with E-state index in [4.69, 9.17) is 14.2 Å². The second-order valence-electron chi connectivity index (χ2n) is 21.3. The maximum Gasteiger partial charge on any atom is 0.306 e. The van der Waals surface area contributed by atoms with Crippen LogP contribution in [-0.4, -0.2) is 37.9 Å². The van der Waals surface area contributed by atoms with E-state index in [1.165, 1.54) is 231 Å². The van der Waals surface area contributed by atoms with E-state index < -0.39 is 6.10 Å². The first kappa shape index (κ1) is 69.6. The fraction of sp³-hybridized carbons (Fsp3) is 0.821. The summed E-state index contributed by atoms with van der Waals surface area (Å²) >= 11 is 0. The van der Waals surface area contributed by atoms with Gasteiger partial charge in [-0.15, -0.1) is 0 Å². The minimum Gasteiger partial charge on any atom is -0.462 e. The molecule has 0 amide bonds. The van der Waals surface area contributed by atoms with E-state index in [0.29, 0.717) is 19.4 Å². The van der Waals surface area contributed by atoms with Crippen molar-refractivity contribution in [3.05, 3.63) is 60.8 Å². The summed E-state index contributed by atoms with van der Waals surface area (Å²) in [6.07, 6.45) is 81.1. The van der Waals surface area contributed by atoms with E-state index >= 15 is 0 Å². The van der Waals surface area contributed by atoms with E-state index in [2.05, 4.69) is 81.5 Å². The van der Waals surface area contributed by atoms with Crippen LogP contribution in [0, 0.1) is 0 Å². The summed E-state index contributed by atoms with van der Waals surface area (Å²) in [7, 11) is 0. The van der Waals surface area contributed by atoms with Crippen LogP contribution in [0.1, 0.15) is 329 Å².